The number of amides is 2. The van der Waals surface area contributed by atoms with Gasteiger partial charge in [0, 0.05) is 31.3 Å². The Kier molecular flexibility index (Phi) is 7.35. The van der Waals surface area contributed by atoms with Crippen LogP contribution in [0, 0.1) is 0 Å². The number of halogens is 1. The molecule has 0 saturated heterocycles. The summed E-state index contributed by atoms with van der Waals surface area (Å²) < 4.78 is 27.6. The second kappa shape index (κ2) is 9.80. The predicted molar refractivity (Wildman–Crippen MR) is 122 cm³/mol. The Balaban J connectivity index is 1.78. The van der Waals surface area contributed by atoms with E-state index in [1.807, 2.05) is 0 Å². The number of sulfonamides is 1. The van der Waals surface area contributed by atoms with E-state index in [-0.39, 0.29) is 27.4 Å². The molecule has 1 aliphatic rings. The van der Waals surface area contributed by atoms with Gasteiger partial charge in [0.1, 0.15) is 0 Å². The van der Waals surface area contributed by atoms with E-state index < -0.39 is 15.9 Å². The quantitative estimate of drug-likeness (QED) is 0.659. The van der Waals surface area contributed by atoms with E-state index in [1.54, 1.807) is 31.3 Å². The molecule has 1 aliphatic carbocycles. The minimum absolute atomic E-state index is 0.0165. The molecular formula is C22H26ClN3O4S. The summed E-state index contributed by atoms with van der Waals surface area (Å²) in [6.45, 7) is 1.39. The van der Waals surface area contributed by atoms with Crippen molar-refractivity contribution in [3.05, 3.63) is 53.1 Å². The van der Waals surface area contributed by atoms with Crippen LogP contribution in [0.3, 0.4) is 0 Å². The van der Waals surface area contributed by atoms with Crippen LogP contribution in [0.2, 0.25) is 5.02 Å². The number of anilines is 2. The van der Waals surface area contributed by atoms with Gasteiger partial charge in [-0.1, -0.05) is 36.9 Å². The van der Waals surface area contributed by atoms with Crippen LogP contribution in [-0.2, 0) is 14.8 Å². The number of nitrogens with zero attached hydrogens (tertiary/aromatic N) is 1. The lowest BCUT2D eigenvalue weighted by Gasteiger charge is -2.30. The number of hydrogen-bond donors (Lipinski definition) is 2. The summed E-state index contributed by atoms with van der Waals surface area (Å²) in [6, 6.07) is 10.7. The fourth-order valence-corrected chi connectivity index (χ4v) is 5.39. The van der Waals surface area contributed by atoms with Crippen LogP contribution in [0.25, 0.3) is 0 Å². The van der Waals surface area contributed by atoms with Gasteiger partial charge < -0.3 is 10.6 Å². The molecule has 3 rings (SSSR count). The Morgan fingerprint density at radius 3 is 2.39 bits per heavy atom. The minimum atomic E-state index is -3.71. The van der Waals surface area contributed by atoms with Crippen molar-refractivity contribution in [3.63, 3.8) is 0 Å². The second-order valence-electron chi connectivity index (χ2n) is 7.67. The third-order valence-corrected chi connectivity index (χ3v) is 7.62. The van der Waals surface area contributed by atoms with Crippen LogP contribution in [-0.4, -0.2) is 37.6 Å². The fraction of sp³-hybridized carbons (Fsp3) is 0.364. The Labute approximate surface area is 187 Å². The normalized spacial score (nSPS) is 15.0. The van der Waals surface area contributed by atoms with Gasteiger partial charge in [0.2, 0.25) is 15.9 Å². The monoisotopic (exact) mass is 463 g/mol. The van der Waals surface area contributed by atoms with Crippen molar-refractivity contribution in [2.45, 2.75) is 50.0 Å². The summed E-state index contributed by atoms with van der Waals surface area (Å²) in [7, 11) is -2.10. The first-order valence-electron chi connectivity index (χ1n) is 10.1. The number of benzene rings is 2. The van der Waals surface area contributed by atoms with E-state index in [4.69, 9.17) is 11.6 Å². The number of carbonyl (C=O) groups is 2. The fourth-order valence-electron chi connectivity index (χ4n) is 3.70. The van der Waals surface area contributed by atoms with E-state index >= 15 is 0 Å². The summed E-state index contributed by atoms with van der Waals surface area (Å²) in [5.41, 5.74) is 1.07. The molecule has 166 valence electrons. The second-order valence-corrected chi connectivity index (χ2v) is 10.1. The first-order chi connectivity index (χ1) is 14.7. The zero-order chi connectivity index (χ0) is 22.6. The Bertz CT molecular complexity index is 1080. The van der Waals surface area contributed by atoms with Crippen molar-refractivity contribution >= 4 is 44.8 Å². The molecule has 2 aromatic rings. The van der Waals surface area contributed by atoms with Crippen LogP contribution in [0.1, 0.15) is 49.4 Å². The number of rotatable bonds is 6. The molecule has 1 saturated carbocycles. The topological polar surface area (TPSA) is 95.6 Å². The highest BCUT2D eigenvalue weighted by molar-refractivity contribution is 7.89. The third kappa shape index (κ3) is 5.64. The van der Waals surface area contributed by atoms with Gasteiger partial charge >= 0.3 is 0 Å². The van der Waals surface area contributed by atoms with E-state index in [0.717, 1.165) is 32.1 Å². The lowest BCUT2D eigenvalue weighted by molar-refractivity contribution is -0.114. The van der Waals surface area contributed by atoms with Gasteiger partial charge in [0.15, 0.2) is 0 Å². The molecule has 0 atom stereocenters. The van der Waals surface area contributed by atoms with E-state index in [0.29, 0.717) is 11.4 Å². The molecule has 2 N–H and O–H groups in total. The van der Waals surface area contributed by atoms with Gasteiger partial charge in [-0.25, -0.2) is 8.42 Å². The maximum Gasteiger partial charge on any atom is 0.255 e. The van der Waals surface area contributed by atoms with Crippen LogP contribution in [0.4, 0.5) is 11.4 Å². The highest BCUT2D eigenvalue weighted by atomic mass is 35.5. The van der Waals surface area contributed by atoms with E-state index in [2.05, 4.69) is 10.6 Å². The molecule has 0 radical (unpaired) electrons. The maximum absolute atomic E-state index is 13.1. The molecule has 0 unspecified atom stereocenters. The third-order valence-electron chi connectivity index (χ3n) is 5.40. The molecule has 7 nitrogen and oxygen atoms in total. The molecule has 0 spiro atoms. The summed E-state index contributed by atoms with van der Waals surface area (Å²) in [5.74, 6) is -0.712. The molecule has 0 aliphatic heterocycles. The zero-order valence-corrected chi connectivity index (χ0v) is 19.1. The Morgan fingerprint density at radius 1 is 1.03 bits per heavy atom. The van der Waals surface area contributed by atoms with Gasteiger partial charge in [0.25, 0.3) is 5.91 Å². The smallest absolute Gasteiger partial charge is 0.255 e. The number of nitrogens with one attached hydrogen (secondary N) is 2. The standard InChI is InChI=1S/C22H26ClN3O4S/c1-15(27)24-17-11-12-21(20(23)14-17)25-22(28)16-7-6-10-19(13-16)31(29,30)26(2)18-8-4-3-5-9-18/h6-7,10-14,18H,3-5,8-9H2,1-2H3,(H,24,27)(H,25,28). The minimum Gasteiger partial charge on any atom is -0.326 e. The highest BCUT2D eigenvalue weighted by Gasteiger charge is 2.29. The highest BCUT2D eigenvalue weighted by Crippen LogP contribution is 2.28. The Morgan fingerprint density at radius 2 is 1.74 bits per heavy atom. The van der Waals surface area contributed by atoms with Gasteiger partial charge in [-0.3, -0.25) is 9.59 Å². The Hall–Kier alpha value is -2.42. The summed E-state index contributed by atoms with van der Waals surface area (Å²) in [6.07, 6.45) is 4.88. The van der Waals surface area contributed by atoms with Crippen LogP contribution in [0.5, 0.6) is 0 Å². The van der Waals surface area contributed by atoms with Gasteiger partial charge in [-0.15, -0.1) is 0 Å². The maximum atomic E-state index is 13.1. The van der Waals surface area contributed by atoms with Crippen LogP contribution < -0.4 is 10.6 Å². The molecular weight excluding hydrogens is 438 g/mol. The molecule has 0 bridgehead atoms. The average molecular weight is 464 g/mol. The van der Waals surface area contributed by atoms with Crippen molar-refractivity contribution in [2.75, 3.05) is 17.7 Å². The summed E-state index contributed by atoms with van der Waals surface area (Å²) in [4.78, 5) is 24.0. The largest absolute Gasteiger partial charge is 0.326 e. The van der Waals surface area contributed by atoms with Crippen molar-refractivity contribution in [1.29, 1.82) is 0 Å². The predicted octanol–water partition coefficient (Wildman–Crippen LogP) is 4.50. The first-order valence-corrected chi connectivity index (χ1v) is 12.0. The summed E-state index contributed by atoms with van der Waals surface area (Å²) >= 11 is 6.21. The zero-order valence-electron chi connectivity index (χ0n) is 17.5. The van der Waals surface area contributed by atoms with Crippen molar-refractivity contribution in [2.24, 2.45) is 0 Å². The lowest BCUT2D eigenvalue weighted by Crippen LogP contribution is -2.38. The average Bonchev–Trinajstić information content (AvgIpc) is 2.75. The molecule has 0 heterocycles. The van der Waals surface area contributed by atoms with Crippen molar-refractivity contribution < 1.29 is 18.0 Å². The van der Waals surface area contributed by atoms with Gasteiger partial charge in [0.05, 0.1) is 15.6 Å². The molecule has 9 heteroatoms. The van der Waals surface area contributed by atoms with Crippen LogP contribution in [0.15, 0.2) is 47.4 Å². The SMILES string of the molecule is CC(=O)Nc1ccc(NC(=O)c2cccc(S(=O)(=O)N(C)C3CCCCC3)c2)c(Cl)c1. The van der Waals surface area contributed by atoms with Crippen molar-refractivity contribution in [1.82, 2.24) is 4.31 Å². The van der Waals surface area contributed by atoms with Gasteiger partial charge in [-0.05, 0) is 49.2 Å². The first kappa shape index (κ1) is 23.2. The molecule has 2 amide bonds. The van der Waals surface area contributed by atoms with Gasteiger partial charge in [-0.2, -0.15) is 4.31 Å². The molecule has 0 aromatic heterocycles. The van der Waals surface area contributed by atoms with Crippen molar-refractivity contribution in [3.8, 4) is 0 Å². The molecule has 1 fully saturated rings. The molecule has 31 heavy (non-hydrogen) atoms. The number of carbonyl (C=O) groups excluding carboxylic acids is 2. The van der Waals surface area contributed by atoms with E-state index in [1.165, 1.54) is 29.4 Å². The summed E-state index contributed by atoms with van der Waals surface area (Å²) in [5, 5.41) is 5.55. The molecule has 2 aromatic carbocycles. The van der Waals surface area contributed by atoms with Crippen LogP contribution >= 0.6 is 11.6 Å². The lowest BCUT2D eigenvalue weighted by atomic mass is 9.96. The number of hydrogen-bond acceptors (Lipinski definition) is 4. The van der Waals surface area contributed by atoms with E-state index in [9.17, 15) is 18.0 Å².